The second kappa shape index (κ2) is 11.8. The number of amides is 1. The van der Waals surface area contributed by atoms with E-state index in [0.717, 1.165) is 55.2 Å². The van der Waals surface area contributed by atoms with Crippen molar-refractivity contribution in [3.05, 3.63) is 64.4 Å². The zero-order valence-corrected chi connectivity index (χ0v) is 21.0. The minimum Gasteiger partial charge on any atom is -0.398 e. The predicted octanol–water partition coefficient (Wildman–Crippen LogP) is 4.15. The molecule has 1 saturated carbocycles. The molecule has 1 heterocycles. The summed E-state index contributed by atoms with van der Waals surface area (Å²) in [6.45, 7) is 5.29. The van der Waals surface area contributed by atoms with Crippen molar-refractivity contribution in [2.24, 2.45) is 11.7 Å². The van der Waals surface area contributed by atoms with Gasteiger partial charge in [-0.2, -0.15) is 0 Å². The van der Waals surface area contributed by atoms with E-state index < -0.39 is 5.91 Å². The molecule has 0 radical (unpaired) electrons. The number of hydrogen-bond donors (Lipinski definition) is 3. The molecule has 0 unspecified atom stereocenters. The van der Waals surface area contributed by atoms with Crippen LogP contribution in [0.25, 0.3) is 5.57 Å². The summed E-state index contributed by atoms with van der Waals surface area (Å²) < 4.78 is 4.23. The Morgan fingerprint density at radius 3 is 2.59 bits per heavy atom. The Hall–Kier alpha value is -3.13. The van der Waals surface area contributed by atoms with E-state index in [9.17, 15) is 9.59 Å². The summed E-state index contributed by atoms with van der Waals surface area (Å²) in [5.74, 6) is 0.406. The number of allylic oxidation sites excluding steroid dienone is 3. The summed E-state index contributed by atoms with van der Waals surface area (Å²) >= 11 is 1.40. The van der Waals surface area contributed by atoms with Crippen molar-refractivity contribution in [3.63, 3.8) is 0 Å². The molecule has 8 heteroatoms. The number of anilines is 1. The molecule has 0 bridgehead atoms. The van der Waals surface area contributed by atoms with Crippen LogP contribution in [0, 0.1) is 5.92 Å². The highest BCUT2D eigenvalue weighted by atomic mass is 32.1. The molecule has 34 heavy (non-hydrogen) atoms. The van der Waals surface area contributed by atoms with Gasteiger partial charge in [-0.25, -0.2) is 4.37 Å². The maximum Gasteiger partial charge on any atom is 0.250 e. The first-order valence-corrected chi connectivity index (χ1v) is 12.5. The second-order valence-corrected chi connectivity index (χ2v) is 10.1. The fourth-order valence-electron chi connectivity index (χ4n) is 4.55. The highest BCUT2D eigenvalue weighted by Crippen LogP contribution is 2.34. The van der Waals surface area contributed by atoms with Crippen molar-refractivity contribution >= 4 is 35.0 Å². The Morgan fingerprint density at radius 2 is 2.03 bits per heavy atom. The molecular weight excluding hydrogens is 446 g/mol. The average Bonchev–Trinajstić information content (AvgIpc) is 3.32. The maximum atomic E-state index is 11.9. The zero-order chi connectivity index (χ0) is 24.7. The number of aldehydes is 1. The van der Waals surface area contributed by atoms with Crippen molar-refractivity contribution in [2.45, 2.75) is 51.5 Å². The zero-order valence-electron chi connectivity index (χ0n) is 20.2. The van der Waals surface area contributed by atoms with Crippen LogP contribution in [0.3, 0.4) is 0 Å². The van der Waals surface area contributed by atoms with E-state index in [-0.39, 0.29) is 6.04 Å². The molecular formula is C26H35N5O2S. The topological polar surface area (TPSA) is 114 Å². The van der Waals surface area contributed by atoms with Crippen LogP contribution in [0.5, 0.6) is 0 Å². The van der Waals surface area contributed by atoms with Gasteiger partial charge in [0.25, 0.3) is 5.91 Å². The average molecular weight is 482 g/mol. The molecule has 1 aliphatic carbocycles. The number of primary amides is 1. The molecule has 0 atom stereocenters. The molecule has 1 aromatic carbocycles. The number of rotatable bonds is 10. The lowest BCUT2D eigenvalue weighted by molar-refractivity contribution is -0.105. The molecule has 0 spiro atoms. The van der Waals surface area contributed by atoms with Gasteiger partial charge >= 0.3 is 0 Å². The summed E-state index contributed by atoms with van der Waals surface area (Å²) in [5, 5.41) is 5.44. The predicted molar refractivity (Wildman–Crippen MR) is 139 cm³/mol. The van der Waals surface area contributed by atoms with E-state index in [1.165, 1.54) is 11.5 Å². The van der Waals surface area contributed by atoms with Crippen LogP contribution in [-0.2, 0) is 4.79 Å². The molecule has 1 fully saturated rings. The lowest BCUT2D eigenvalue weighted by Gasteiger charge is -2.30. The fourth-order valence-corrected chi connectivity index (χ4v) is 5.10. The monoisotopic (exact) mass is 481 g/mol. The number of carbonyl (C=O) groups excluding carboxylic acids is 2. The molecule has 0 saturated heterocycles. The van der Waals surface area contributed by atoms with Crippen LogP contribution in [0.4, 0.5) is 5.69 Å². The summed E-state index contributed by atoms with van der Waals surface area (Å²) in [6, 6.07) is 5.76. The van der Waals surface area contributed by atoms with E-state index >= 15 is 0 Å². The van der Waals surface area contributed by atoms with Gasteiger partial charge in [-0.3, -0.25) is 9.59 Å². The number of nitrogens with zero attached hydrogens (tertiary/aromatic N) is 2. The van der Waals surface area contributed by atoms with E-state index in [1.807, 2.05) is 36.8 Å². The molecule has 7 nitrogen and oxygen atoms in total. The maximum absolute atomic E-state index is 11.9. The van der Waals surface area contributed by atoms with Crippen LogP contribution in [-0.4, -0.2) is 41.1 Å². The lowest BCUT2D eigenvalue weighted by Crippen LogP contribution is -2.32. The summed E-state index contributed by atoms with van der Waals surface area (Å²) in [4.78, 5) is 25.5. The number of benzene rings is 1. The van der Waals surface area contributed by atoms with Crippen molar-refractivity contribution < 1.29 is 9.59 Å². The van der Waals surface area contributed by atoms with Gasteiger partial charge in [-0.1, -0.05) is 19.9 Å². The minimum absolute atomic E-state index is 0.227. The molecule has 182 valence electrons. The third kappa shape index (κ3) is 6.93. The number of nitrogens with two attached hydrogens (primary N) is 2. The number of nitrogens with one attached hydrogen (secondary N) is 1. The van der Waals surface area contributed by atoms with Crippen LogP contribution < -0.4 is 16.8 Å². The largest absolute Gasteiger partial charge is 0.398 e. The van der Waals surface area contributed by atoms with Crippen molar-refractivity contribution in [3.8, 4) is 0 Å². The van der Waals surface area contributed by atoms with Gasteiger partial charge in [0, 0.05) is 54.2 Å². The van der Waals surface area contributed by atoms with Gasteiger partial charge in [0.2, 0.25) is 0 Å². The van der Waals surface area contributed by atoms with Crippen molar-refractivity contribution in [1.29, 1.82) is 0 Å². The van der Waals surface area contributed by atoms with Gasteiger partial charge in [0.1, 0.15) is 0 Å². The quantitative estimate of drug-likeness (QED) is 0.203. The third-order valence-electron chi connectivity index (χ3n) is 6.13. The number of hydrogen-bond acceptors (Lipinski definition) is 7. The second-order valence-electron chi connectivity index (χ2n) is 9.45. The first-order valence-electron chi connectivity index (χ1n) is 11.7. The molecule has 0 aliphatic heterocycles. The normalized spacial score (nSPS) is 19.2. The van der Waals surface area contributed by atoms with Crippen LogP contribution in [0.1, 0.15) is 66.9 Å². The highest BCUT2D eigenvalue weighted by molar-refractivity contribution is 7.03. The molecule has 1 aromatic heterocycles. The Balaban J connectivity index is 1.67. The number of carbonyl (C=O) groups is 2. The molecule has 1 aliphatic rings. The van der Waals surface area contributed by atoms with E-state index in [4.69, 9.17) is 11.5 Å². The van der Waals surface area contributed by atoms with Crippen molar-refractivity contribution in [2.75, 3.05) is 19.3 Å². The van der Waals surface area contributed by atoms with Crippen LogP contribution >= 0.6 is 11.5 Å². The first kappa shape index (κ1) is 25.5. The molecule has 3 rings (SSSR count). The summed E-state index contributed by atoms with van der Waals surface area (Å²) in [6.07, 6.45) is 10.6. The molecule has 5 N–H and O–H groups in total. The van der Waals surface area contributed by atoms with Crippen LogP contribution in [0.2, 0.25) is 0 Å². The van der Waals surface area contributed by atoms with Gasteiger partial charge in [0.05, 0.1) is 11.3 Å². The SMILES string of the molecule is CC(C)CN(C)/C=C(\C=C(/C=O)NC1CCC(c2ccc(C(N)=O)c(N)c2)CC1)c1cnsc1. The van der Waals surface area contributed by atoms with E-state index in [2.05, 4.69) is 34.6 Å². The summed E-state index contributed by atoms with van der Waals surface area (Å²) in [7, 11) is 2.05. The lowest BCUT2D eigenvalue weighted by atomic mass is 9.81. The van der Waals surface area contributed by atoms with Gasteiger partial charge in [-0.05, 0) is 72.8 Å². The van der Waals surface area contributed by atoms with E-state index in [1.54, 1.807) is 6.07 Å². The molecule has 1 amide bonds. The molecule has 2 aromatic rings. The minimum atomic E-state index is -0.507. The van der Waals surface area contributed by atoms with Crippen molar-refractivity contribution in [1.82, 2.24) is 14.6 Å². The Bertz CT molecular complexity index is 1040. The van der Waals surface area contributed by atoms with Gasteiger partial charge in [0.15, 0.2) is 6.29 Å². The fraction of sp³-hybridized carbons (Fsp3) is 0.423. The Morgan fingerprint density at radius 1 is 1.29 bits per heavy atom. The first-order chi connectivity index (χ1) is 16.3. The van der Waals surface area contributed by atoms with Crippen LogP contribution in [0.15, 0.2) is 47.7 Å². The standard InChI is InChI=1S/C26H35N5O2S/c1-17(2)13-31(3)14-20(21-12-29-34-16-21)10-23(15-32)30-22-7-4-18(5-8-22)19-6-9-24(26(28)33)25(27)11-19/h6,9-12,14-18,22,30H,4-5,7-8,13,27H2,1-3H3,(H2,28,33)/b20-14+,23-10+. The third-order valence-corrected chi connectivity index (χ3v) is 6.71. The number of nitrogen functional groups attached to an aromatic ring is 1. The van der Waals surface area contributed by atoms with Gasteiger partial charge < -0.3 is 21.7 Å². The Labute approximate surface area is 206 Å². The highest BCUT2D eigenvalue weighted by Gasteiger charge is 2.23. The smallest absolute Gasteiger partial charge is 0.250 e. The summed E-state index contributed by atoms with van der Waals surface area (Å²) in [5.41, 5.74) is 15.9. The number of aromatic nitrogens is 1. The van der Waals surface area contributed by atoms with Gasteiger partial charge in [-0.15, -0.1) is 0 Å². The Kier molecular flexibility index (Phi) is 8.87. The van der Waals surface area contributed by atoms with E-state index in [0.29, 0.717) is 28.8 Å².